The van der Waals surface area contributed by atoms with Crippen molar-refractivity contribution in [3.05, 3.63) is 72.1 Å². The summed E-state index contributed by atoms with van der Waals surface area (Å²) in [7, 11) is 0. The SMILES string of the molecule is CCc1ncnc(-c2ccc(C(=O)N3CCn4cnnc4C3)c(F)c2)c1-c1ccc(N)nc1. The van der Waals surface area contributed by atoms with E-state index in [-0.39, 0.29) is 11.5 Å². The number of aromatic nitrogens is 6. The van der Waals surface area contributed by atoms with Crippen LogP contribution in [0.5, 0.6) is 0 Å². The molecule has 1 aliphatic heterocycles. The second-order valence-corrected chi connectivity index (χ2v) is 7.73. The van der Waals surface area contributed by atoms with Gasteiger partial charge in [0, 0.05) is 36.0 Å². The first-order chi connectivity index (χ1) is 16.0. The predicted molar refractivity (Wildman–Crippen MR) is 119 cm³/mol. The van der Waals surface area contributed by atoms with Gasteiger partial charge in [0.2, 0.25) is 0 Å². The number of hydrogen-bond acceptors (Lipinski definition) is 7. The molecule has 5 rings (SSSR count). The summed E-state index contributed by atoms with van der Waals surface area (Å²) in [5.74, 6) is 0.0947. The third-order valence-electron chi connectivity index (χ3n) is 5.73. The molecule has 166 valence electrons. The van der Waals surface area contributed by atoms with Crippen LogP contribution in [0.25, 0.3) is 22.4 Å². The molecule has 0 fully saturated rings. The smallest absolute Gasteiger partial charge is 0.257 e. The van der Waals surface area contributed by atoms with E-state index in [1.54, 1.807) is 29.6 Å². The number of nitrogens with zero attached hydrogens (tertiary/aromatic N) is 7. The van der Waals surface area contributed by atoms with Crippen LogP contribution in [0, 0.1) is 5.82 Å². The van der Waals surface area contributed by atoms with E-state index in [4.69, 9.17) is 5.73 Å². The van der Waals surface area contributed by atoms with Gasteiger partial charge in [-0.15, -0.1) is 10.2 Å². The molecule has 0 saturated carbocycles. The fourth-order valence-electron chi connectivity index (χ4n) is 4.01. The van der Waals surface area contributed by atoms with Gasteiger partial charge in [-0.3, -0.25) is 4.79 Å². The van der Waals surface area contributed by atoms with E-state index in [1.165, 1.54) is 18.5 Å². The molecular weight excluding hydrogens is 423 g/mol. The minimum absolute atomic E-state index is 0.00666. The third kappa shape index (κ3) is 3.79. The molecule has 9 nitrogen and oxygen atoms in total. The topological polar surface area (TPSA) is 116 Å². The molecule has 0 aliphatic carbocycles. The van der Waals surface area contributed by atoms with E-state index in [0.717, 1.165) is 16.8 Å². The van der Waals surface area contributed by atoms with Gasteiger partial charge in [-0.05, 0) is 30.7 Å². The number of pyridine rings is 1. The quantitative estimate of drug-likeness (QED) is 0.514. The molecule has 1 amide bonds. The molecule has 2 N–H and O–H groups in total. The van der Waals surface area contributed by atoms with Gasteiger partial charge in [0.25, 0.3) is 5.91 Å². The molecule has 4 heterocycles. The lowest BCUT2D eigenvalue weighted by molar-refractivity contribution is 0.0702. The molecule has 0 spiro atoms. The zero-order valence-electron chi connectivity index (χ0n) is 17.9. The Balaban J connectivity index is 1.50. The Hall–Kier alpha value is -4.21. The van der Waals surface area contributed by atoms with Crippen LogP contribution in [0.15, 0.2) is 49.2 Å². The lowest BCUT2D eigenvalue weighted by Crippen LogP contribution is -2.38. The predicted octanol–water partition coefficient (Wildman–Crippen LogP) is 2.74. The number of nitrogens with two attached hydrogens (primary N) is 1. The number of fused-ring (bicyclic) bond motifs is 1. The van der Waals surface area contributed by atoms with E-state index < -0.39 is 5.82 Å². The number of carbonyl (C=O) groups is 1. The summed E-state index contributed by atoms with van der Waals surface area (Å²) in [6.45, 7) is 3.32. The van der Waals surface area contributed by atoms with Crippen molar-refractivity contribution in [1.29, 1.82) is 0 Å². The first-order valence-corrected chi connectivity index (χ1v) is 10.6. The molecule has 33 heavy (non-hydrogen) atoms. The molecule has 1 aromatic carbocycles. The van der Waals surface area contributed by atoms with Crippen LogP contribution in [-0.2, 0) is 19.5 Å². The summed E-state index contributed by atoms with van der Waals surface area (Å²) in [5.41, 5.74) is 9.22. The summed E-state index contributed by atoms with van der Waals surface area (Å²) < 4.78 is 17.1. The Morgan fingerprint density at radius 2 is 1.97 bits per heavy atom. The normalized spacial score (nSPS) is 13.1. The zero-order valence-corrected chi connectivity index (χ0v) is 17.9. The standard InChI is InChI=1S/C23H21FN8O/c1-2-18-21(15-4-6-19(25)26-10-15)22(28-12-27-18)14-3-5-16(17(24)9-14)23(33)31-7-8-32-13-29-30-20(32)11-31/h3-6,9-10,12-13H,2,7-8,11H2,1H3,(H2,25,26). The fourth-order valence-corrected chi connectivity index (χ4v) is 4.01. The van der Waals surface area contributed by atoms with Crippen molar-refractivity contribution in [3.63, 3.8) is 0 Å². The zero-order chi connectivity index (χ0) is 22.9. The summed E-state index contributed by atoms with van der Waals surface area (Å²) in [6.07, 6.45) is 5.41. The van der Waals surface area contributed by atoms with Gasteiger partial charge in [0.05, 0.1) is 23.5 Å². The van der Waals surface area contributed by atoms with Crippen LogP contribution in [0.1, 0.15) is 28.8 Å². The number of rotatable bonds is 4. The maximum absolute atomic E-state index is 15.2. The van der Waals surface area contributed by atoms with Crippen LogP contribution < -0.4 is 5.73 Å². The highest BCUT2D eigenvalue weighted by molar-refractivity contribution is 5.95. The molecule has 4 aromatic rings. The number of amides is 1. The Morgan fingerprint density at radius 3 is 2.73 bits per heavy atom. The Morgan fingerprint density at radius 1 is 1.12 bits per heavy atom. The molecule has 0 unspecified atom stereocenters. The first-order valence-electron chi connectivity index (χ1n) is 10.6. The van der Waals surface area contributed by atoms with Crippen LogP contribution in [-0.4, -0.2) is 47.1 Å². The van der Waals surface area contributed by atoms with Gasteiger partial charge in [-0.1, -0.05) is 13.0 Å². The van der Waals surface area contributed by atoms with Crippen molar-refractivity contribution in [3.8, 4) is 22.4 Å². The summed E-state index contributed by atoms with van der Waals surface area (Å²) in [6, 6.07) is 8.10. The lowest BCUT2D eigenvalue weighted by atomic mass is 9.96. The maximum atomic E-state index is 15.2. The van der Waals surface area contributed by atoms with Crippen molar-refractivity contribution in [2.24, 2.45) is 0 Å². The summed E-state index contributed by atoms with van der Waals surface area (Å²) >= 11 is 0. The number of halogens is 1. The van der Waals surface area contributed by atoms with E-state index in [9.17, 15) is 4.79 Å². The minimum Gasteiger partial charge on any atom is -0.384 e. The Kier molecular flexibility index (Phi) is 5.25. The van der Waals surface area contributed by atoms with Crippen molar-refractivity contribution >= 4 is 11.7 Å². The van der Waals surface area contributed by atoms with Gasteiger partial charge >= 0.3 is 0 Å². The average molecular weight is 444 g/mol. The van der Waals surface area contributed by atoms with Crippen molar-refractivity contribution in [2.45, 2.75) is 26.4 Å². The number of anilines is 1. The lowest BCUT2D eigenvalue weighted by Gasteiger charge is -2.27. The average Bonchev–Trinajstić information content (AvgIpc) is 3.31. The molecule has 0 atom stereocenters. The second-order valence-electron chi connectivity index (χ2n) is 7.73. The van der Waals surface area contributed by atoms with E-state index in [2.05, 4.69) is 25.1 Å². The number of hydrogen-bond donors (Lipinski definition) is 1. The summed E-state index contributed by atoms with van der Waals surface area (Å²) in [4.78, 5) is 27.6. The Labute approximate surface area is 189 Å². The van der Waals surface area contributed by atoms with Crippen LogP contribution in [0.4, 0.5) is 10.2 Å². The number of benzene rings is 1. The Bertz CT molecular complexity index is 1330. The van der Waals surface area contributed by atoms with Crippen LogP contribution in [0.2, 0.25) is 0 Å². The molecule has 0 saturated heterocycles. The fraction of sp³-hybridized carbons (Fsp3) is 0.217. The van der Waals surface area contributed by atoms with Crippen molar-refractivity contribution < 1.29 is 9.18 Å². The van der Waals surface area contributed by atoms with E-state index in [0.29, 0.717) is 49.0 Å². The maximum Gasteiger partial charge on any atom is 0.257 e. The van der Waals surface area contributed by atoms with Gasteiger partial charge < -0.3 is 15.2 Å². The first kappa shape index (κ1) is 20.7. The molecule has 0 bridgehead atoms. The van der Waals surface area contributed by atoms with Gasteiger partial charge in [0.15, 0.2) is 5.82 Å². The molecular formula is C23H21FN8O. The van der Waals surface area contributed by atoms with Gasteiger partial charge in [0.1, 0.15) is 24.3 Å². The van der Waals surface area contributed by atoms with Gasteiger partial charge in [-0.2, -0.15) is 0 Å². The second kappa shape index (κ2) is 8.38. The number of carbonyl (C=O) groups excluding carboxylic acids is 1. The largest absolute Gasteiger partial charge is 0.384 e. The monoisotopic (exact) mass is 444 g/mol. The van der Waals surface area contributed by atoms with Crippen LogP contribution in [0.3, 0.4) is 0 Å². The van der Waals surface area contributed by atoms with Crippen molar-refractivity contribution in [2.75, 3.05) is 12.3 Å². The molecule has 1 aliphatic rings. The highest BCUT2D eigenvalue weighted by atomic mass is 19.1. The molecule has 0 radical (unpaired) electrons. The number of nitrogen functional groups attached to an aromatic ring is 1. The molecule has 10 heteroatoms. The highest BCUT2D eigenvalue weighted by Gasteiger charge is 2.25. The van der Waals surface area contributed by atoms with E-state index in [1.807, 2.05) is 17.6 Å². The van der Waals surface area contributed by atoms with Gasteiger partial charge in [-0.25, -0.2) is 19.3 Å². The minimum atomic E-state index is -0.609. The summed E-state index contributed by atoms with van der Waals surface area (Å²) in [5, 5.41) is 7.88. The van der Waals surface area contributed by atoms with Crippen LogP contribution >= 0.6 is 0 Å². The number of aryl methyl sites for hydroxylation is 1. The van der Waals surface area contributed by atoms with Crippen molar-refractivity contribution in [1.82, 2.24) is 34.6 Å². The third-order valence-corrected chi connectivity index (χ3v) is 5.73. The highest BCUT2D eigenvalue weighted by Crippen LogP contribution is 2.33. The molecule has 3 aromatic heterocycles. The van der Waals surface area contributed by atoms with E-state index >= 15 is 4.39 Å².